The van der Waals surface area contributed by atoms with Gasteiger partial charge >= 0.3 is 0 Å². The molecule has 0 aromatic heterocycles. The Hall–Kier alpha value is -1.60. The monoisotopic (exact) mass is 508 g/mol. The second-order valence-corrected chi connectivity index (χ2v) is 11.3. The van der Waals surface area contributed by atoms with Crippen LogP contribution in [-0.4, -0.2) is 22.8 Å². The molecule has 0 unspecified atom stereocenters. The van der Waals surface area contributed by atoms with Crippen LogP contribution in [0.1, 0.15) is 40.0 Å². The summed E-state index contributed by atoms with van der Waals surface area (Å²) in [7, 11) is 0. The predicted octanol–water partition coefficient (Wildman–Crippen LogP) is 6.85. The normalized spacial score (nSPS) is 22.0. The van der Waals surface area contributed by atoms with Crippen molar-refractivity contribution in [1.82, 2.24) is 10.6 Å². The van der Waals surface area contributed by atoms with E-state index < -0.39 is 0 Å². The molecular weight excluding hydrogens is 479 g/mol. The van der Waals surface area contributed by atoms with E-state index in [-0.39, 0.29) is 16.9 Å². The van der Waals surface area contributed by atoms with Gasteiger partial charge in [-0.3, -0.25) is 0 Å². The number of benzene rings is 2. The lowest BCUT2D eigenvalue weighted by Gasteiger charge is -2.47. The summed E-state index contributed by atoms with van der Waals surface area (Å²) in [6.45, 7) is 7.68. The summed E-state index contributed by atoms with van der Waals surface area (Å²) in [5, 5.41) is 15.8. The van der Waals surface area contributed by atoms with Crippen LogP contribution in [0.25, 0.3) is 0 Å². The number of anilines is 2. The molecule has 1 saturated carbocycles. The average Bonchev–Trinajstić information content (AvgIpc) is 2.68. The van der Waals surface area contributed by atoms with E-state index in [9.17, 15) is 0 Å². The lowest BCUT2D eigenvalue weighted by Crippen LogP contribution is -2.51. The molecule has 1 fully saturated rings. The molecule has 0 aliphatic heterocycles. The highest BCUT2D eigenvalue weighted by molar-refractivity contribution is 7.80. The molecule has 0 amide bonds. The molecule has 0 spiro atoms. The van der Waals surface area contributed by atoms with Crippen molar-refractivity contribution in [2.24, 2.45) is 10.8 Å². The third-order valence-corrected chi connectivity index (χ3v) is 6.82. The number of rotatable bonds is 5. The van der Waals surface area contributed by atoms with Gasteiger partial charge in [0.25, 0.3) is 0 Å². The Labute approximate surface area is 211 Å². The molecule has 0 radical (unpaired) electrons. The highest BCUT2D eigenvalue weighted by atomic mass is 35.5. The first-order valence-corrected chi connectivity index (χ1v) is 12.2. The smallest absolute Gasteiger partial charge is 0.171 e. The Morgan fingerprint density at radius 3 is 1.97 bits per heavy atom. The molecule has 0 bridgehead atoms. The fraction of sp³-hybridized carbons (Fsp3) is 0.417. The fourth-order valence-corrected chi connectivity index (χ4v) is 5.62. The first-order chi connectivity index (χ1) is 15.1. The van der Waals surface area contributed by atoms with Crippen LogP contribution >= 0.6 is 47.6 Å². The van der Waals surface area contributed by atoms with E-state index in [2.05, 4.69) is 42.0 Å². The first kappa shape index (κ1) is 25.0. The van der Waals surface area contributed by atoms with Crippen molar-refractivity contribution in [3.8, 4) is 0 Å². The second kappa shape index (κ2) is 10.6. The number of hydrogen-bond donors (Lipinski definition) is 4. The van der Waals surface area contributed by atoms with Gasteiger partial charge in [0.2, 0.25) is 0 Å². The number of para-hydroxylation sites is 2. The molecule has 172 valence electrons. The molecular formula is C24H30Cl2N4S2. The van der Waals surface area contributed by atoms with Crippen LogP contribution in [0.4, 0.5) is 11.4 Å². The van der Waals surface area contributed by atoms with Crippen LogP contribution in [0.2, 0.25) is 10.0 Å². The fourth-order valence-electron chi connectivity index (χ4n) is 4.80. The Morgan fingerprint density at radius 2 is 1.41 bits per heavy atom. The third-order valence-electron chi connectivity index (χ3n) is 5.70. The molecule has 0 heterocycles. The highest BCUT2D eigenvalue weighted by Gasteiger charge is 2.41. The zero-order valence-electron chi connectivity index (χ0n) is 18.6. The van der Waals surface area contributed by atoms with E-state index >= 15 is 0 Å². The Bertz CT molecular complexity index is 982. The third kappa shape index (κ3) is 7.20. The predicted molar refractivity (Wildman–Crippen MR) is 146 cm³/mol. The topological polar surface area (TPSA) is 48.1 Å². The Morgan fingerprint density at radius 1 is 0.875 bits per heavy atom. The van der Waals surface area contributed by atoms with Crippen molar-refractivity contribution >= 4 is 69.2 Å². The van der Waals surface area contributed by atoms with Gasteiger partial charge in [-0.15, -0.1) is 0 Å². The lowest BCUT2D eigenvalue weighted by atomic mass is 9.62. The van der Waals surface area contributed by atoms with Gasteiger partial charge in [-0.1, -0.05) is 68.2 Å². The molecule has 2 atom stereocenters. The molecule has 3 rings (SSSR count). The minimum absolute atomic E-state index is 0.0473. The summed E-state index contributed by atoms with van der Waals surface area (Å²) in [5.74, 6) is 0. The SMILES string of the molecule is CC1(C)C[C@@H](NC(=S)Nc2ccccc2Cl)C[C@@](C)(CNC(=S)Nc2ccccc2Cl)C1. The van der Waals surface area contributed by atoms with Crippen LogP contribution < -0.4 is 21.3 Å². The van der Waals surface area contributed by atoms with Crippen molar-refractivity contribution in [3.63, 3.8) is 0 Å². The van der Waals surface area contributed by atoms with Crippen molar-refractivity contribution in [3.05, 3.63) is 58.6 Å². The number of hydrogen-bond acceptors (Lipinski definition) is 2. The van der Waals surface area contributed by atoms with E-state index in [0.29, 0.717) is 20.3 Å². The molecule has 0 saturated heterocycles. The second-order valence-electron chi connectivity index (χ2n) is 9.62. The van der Waals surface area contributed by atoms with E-state index in [1.54, 1.807) is 0 Å². The molecule has 1 aliphatic rings. The van der Waals surface area contributed by atoms with Gasteiger partial charge in [0.1, 0.15) is 0 Å². The summed E-state index contributed by atoms with van der Waals surface area (Å²) >= 11 is 23.6. The van der Waals surface area contributed by atoms with Crippen LogP contribution in [-0.2, 0) is 0 Å². The molecule has 32 heavy (non-hydrogen) atoms. The highest BCUT2D eigenvalue weighted by Crippen LogP contribution is 2.45. The van der Waals surface area contributed by atoms with Crippen molar-refractivity contribution in [2.75, 3.05) is 17.2 Å². The Kier molecular flexibility index (Phi) is 8.26. The molecule has 2 aromatic carbocycles. The molecule has 4 nitrogen and oxygen atoms in total. The Balaban J connectivity index is 1.58. The zero-order valence-corrected chi connectivity index (χ0v) is 21.7. The first-order valence-electron chi connectivity index (χ1n) is 10.7. The average molecular weight is 510 g/mol. The minimum Gasteiger partial charge on any atom is -0.362 e. The summed E-state index contributed by atoms with van der Waals surface area (Å²) in [4.78, 5) is 0. The van der Waals surface area contributed by atoms with Crippen molar-refractivity contribution in [2.45, 2.75) is 46.1 Å². The quantitative estimate of drug-likeness (QED) is 0.331. The lowest BCUT2D eigenvalue weighted by molar-refractivity contribution is 0.0807. The van der Waals surface area contributed by atoms with Gasteiger partial charge in [-0.05, 0) is 78.8 Å². The van der Waals surface area contributed by atoms with Crippen LogP contribution in [0.3, 0.4) is 0 Å². The van der Waals surface area contributed by atoms with Gasteiger partial charge in [-0.25, -0.2) is 0 Å². The molecule has 1 aliphatic carbocycles. The van der Waals surface area contributed by atoms with Crippen molar-refractivity contribution in [1.29, 1.82) is 0 Å². The maximum absolute atomic E-state index is 6.26. The largest absolute Gasteiger partial charge is 0.362 e. The number of thiocarbonyl (C=S) groups is 2. The van der Waals surface area contributed by atoms with Crippen molar-refractivity contribution < 1.29 is 0 Å². The summed E-state index contributed by atoms with van der Waals surface area (Å²) < 4.78 is 0. The summed E-state index contributed by atoms with van der Waals surface area (Å²) in [6.07, 6.45) is 3.10. The molecule has 4 N–H and O–H groups in total. The molecule has 8 heteroatoms. The van der Waals surface area contributed by atoms with E-state index in [1.807, 2.05) is 48.5 Å². The number of halogens is 2. The summed E-state index contributed by atoms with van der Waals surface area (Å²) in [6, 6.07) is 15.4. The van der Waals surface area contributed by atoms with Gasteiger partial charge in [0, 0.05) is 12.6 Å². The summed E-state index contributed by atoms with van der Waals surface area (Å²) in [5.41, 5.74) is 1.83. The number of nitrogens with one attached hydrogen (secondary N) is 4. The zero-order chi connectivity index (χ0) is 23.4. The van der Waals surface area contributed by atoms with Gasteiger partial charge in [-0.2, -0.15) is 0 Å². The van der Waals surface area contributed by atoms with E-state index in [1.165, 1.54) is 0 Å². The minimum atomic E-state index is 0.0473. The molecule has 2 aromatic rings. The van der Waals surface area contributed by atoms with E-state index in [0.717, 1.165) is 37.2 Å². The van der Waals surface area contributed by atoms with Gasteiger partial charge in [0.05, 0.1) is 21.4 Å². The van der Waals surface area contributed by atoms with Crippen LogP contribution in [0, 0.1) is 10.8 Å². The maximum Gasteiger partial charge on any atom is 0.171 e. The maximum atomic E-state index is 6.26. The standard InChI is InChI=1S/C24H30Cl2N4S2/c1-23(2)12-16(28-22(32)30-20-11-7-5-9-18(20)26)13-24(3,14-23)15-27-21(31)29-19-10-6-4-8-17(19)25/h4-11,16H,12-15H2,1-3H3,(H2,27,29,31)(H2,28,30,32)/t16-,24-/m1/s1. The van der Waals surface area contributed by atoms with Gasteiger partial charge in [0.15, 0.2) is 10.2 Å². The van der Waals surface area contributed by atoms with Crippen LogP contribution in [0.5, 0.6) is 0 Å². The van der Waals surface area contributed by atoms with Gasteiger partial charge < -0.3 is 21.3 Å². The van der Waals surface area contributed by atoms with E-state index in [4.69, 9.17) is 47.6 Å². The van der Waals surface area contributed by atoms with Crippen LogP contribution in [0.15, 0.2) is 48.5 Å².